The minimum atomic E-state index is -1.52. The van der Waals surface area contributed by atoms with Crippen LogP contribution in [0.15, 0.2) is 72.8 Å². The smallest absolute Gasteiger partial charge is 0.165 e. The van der Waals surface area contributed by atoms with Crippen molar-refractivity contribution >= 4 is 13.3 Å². The second-order valence-corrected chi connectivity index (χ2v) is 12.5. The molecule has 0 saturated heterocycles. The molecule has 146 valence electrons. The Morgan fingerprint density at radius 1 is 0.857 bits per heavy atom. The fraction of sp³-hybridized carbons (Fsp3) is 0.250. The van der Waals surface area contributed by atoms with Gasteiger partial charge in [0.2, 0.25) is 0 Å². The standard InChI is InChI=1S/C24H27FO2Si/c1-26-20-12-14-22(15-13-20)28(2,3)17-7-8-19-11-16-23(25)24(18-19)27-21-9-5-4-6-10-21/h4-6,9-16,18H,7-8,17H2,1-3H3. The highest BCUT2D eigenvalue weighted by Crippen LogP contribution is 2.26. The van der Waals surface area contributed by atoms with Crippen LogP contribution in [0, 0.1) is 5.82 Å². The van der Waals surface area contributed by atoms with Crippen LogP contribution in [0.2, 0.25) is 19.1 Å². The lowest BCUT2D eigenvalue weighted by Crippen LogP contribution is -2.40. The number of halogens is 1. The van der Waals surface area contributed by atoms with E-state index in [1.807, 2.05) is 54.6 Å². The van der Waals surface area contributed by atoms with E-state index in [0.29, 0.717) is 5.75 Å². The summed E-state index contributed by atoms with van der Waals surface area (Å²) < 4.78 is 25.1. The van der Waals surface area contributed by atoms with Gasteiger partial charge in [-0.05, 0) is 48.4 Å². The molecule has 0 aliphatic heterocycles. The third-order valence-electron chi connectivity index (χ3n) is 5.11. The van der Waals surface area contributed by atoms with Crippen LogP contribution in [0.25, 0.3) is 0 Å². The molecule has 0 amide bonds. The highest BCUT2D eigenvalue weighted by atomic mass is 28.3. The van der Waals surface area contributed by atoms with E-state index in [1.54, 1.807) is 7.11 Å². The Balaban J connectivity index is 1.61. The van der Waals surface area contributed by atoms with Gasteiger partial charge in [-0.1, -0.05) is 67.1 Å². The number of hydrogen-bond donors (Lipinski definition) is 0. The van der Waals surface area contributed by atoms with Crippen molar-refractivity contribution in [2.75, 3.05) is 7.11 Å². The Hall–Kier alpha value is -2.59. The van der Waals surface area contributed by atoms with E-state index in [2.05, 4.69) is 25.2 Å². The van der Waals surface area contributed by atoms with Gasteiger partial charge in [0.05, 0.1) is 15.2 Å². The summed E-state index contributed by atoms with van der Waals surface area (Å²) in [6.45, 7) is 4.78. The average molecular weight is 395 g/mol. The van der Waals surface area contributed by atoms with Crippen molar-refractivity contribution in [3.63, 3.8) is 0 Å². The van der Waals surface area contributed by atoms with Gasteiger partial charge in [-0.3, -0.25) is 0 Å². The van der Waals surface area contributed by atoms with Gasteiger partial charge < -0.3 is 9.47 Å². The molecule has 0 saturated carbocycles. The Bertz CT molecular complexity index is 892. The summed E-state index contributed by atoms with van der Waals surface area (Å²) in [5, 5.41) is 1.43. The second kappa shape index (κ2) is 9.07. The molecule has 0 heterocycles. The fourth-order valence-electron chi connectivity index (χ4n) is 3.32. The topological polar surface area (TPSA) is 18.5 Å². The number of hydrogen-bond acceptors (Lipinski definition) is 2. The normalized spacial score (nSPS) is 11.3. The molecule has 2 nitrogen and oxygen atoms in total. The van der Waals surface area contributed by atoms with Crippen LogP contribution in [0.4, 0.5) is 4.39 Å². The third-order valence-corrected chi connectivity index (χ3v) is 8.61. The highest BCUT2D eigenvalue weighted by Gasteiger charge is 2.22. The van der Waals surface area contributed by atoms with Crippen molar-refractivity contribution in [2.24, 2.45) is 0 Å². The van der Waals surface area contributed by atoms with Crippen molar-refractivity contribution in [1.82, 2.24) is 0 Å². The van der Waals surface area contributed by atoms with E-state index in [-0.39, 0.29) is 11.6 Å². The molecular weight excluding hydrogens is 367 g/mol. The molecule has 0 unspecified atom stereocenters. The summed E-state index contributed by atoms with van der Waals surface area (Å²) in [5.74, 6) is 1.49. The molecule has 0 aliphatic carbocycles. The summed E-state index contributed by atoms with van der Waals surface area (Å²) in [6, 6.07) is 24.1. The Morgan fingerprint density at radius 3 is 2.25 bits per heavy atom. The molecule has 3 aromatic carbocycles. The van der Waals surface area contributed by atoms with Gasteiger partial charge in [0.15, 0.2) is 11.6 Å². The quantitative estimate of drug-likeness (QED) is 0.425. The zero-order valence-corrected chi connectivity index (χ0v) is 17.7. The van der Waals surface area contributed by atoms with Gasteiger partial charge in [0.25, 0.3) is 0 Å². The van der Waals surface area contributed by atoms with Crippen LogP contribution in [0.3, 0.4) is 0 Å². The van der Waals surface area contributed by atoms with Gasteiger partial charge in [0.1, 0.15) is 11.5 Å². The van der Waals surface area contributed by atoms with Crippen molar-refractivity contribution in [2.45, 2.75) is 32.0 Å². The Kier molecular flexibility index (Phi) is 6.52. The van der Waals surface area contributed by atoms with Crippen LogP contribution in [-0.2, 0) is 6.42 Å². The second-order valence-electron chi connectivity index (χ2n) is 7.65. The lowest BCUT2D eigenvalue weighted by Gasteiger charge is -2.23. The largest absolute Gasteiger partial charge is 0.497 e. The van der Waals surface area contributed by atoms with Gasteiger partial charge in [-0.15, -0.1) is 0 Å². The lowest BCUT2D eigenvalue weighted by atomic mass is 10.1. The molecule has 0 atom stereocenters. The van der Waals surface area contributed by atoms with Gasteiger partial charge >= 0.3 is 0 Å². The summed E-state index contributed by atoms with van der Waals surface area (Å²) in [5.41, 5.74) is 1.10. The average Bonchev–Trinajstić information content (AvgIpc) is 2.71. The first-order valence-corrected chi connectivity index (χ1v) is 12.8. The SMILES string of the molecule is COc1ccc([Si](C)(C)CCCc2ccc(F)c(Oc3ccccc3)c2)cc1. The van der Waals surface area contributed by atoms with Gasteiger partial charge in [0, 0.05) is 0 Å². The molecule has 3 aromatic rings. The summed E-state index contributed by atoms with van der Waals surface area (Å²) in [7, 11) is 0.175. The number of ether oxygens (including phenoxy) is 2. The number of rotatable bonds is 8. The molecule has 28 heavy (non-hydrogen) atoms. The monoisotopic (exact) mass is 394 g/mol. The maximum atomic E-state index is 14.1. The van der Waals surface area contributed by atoms with E-state index >= 15 is 0 Å². The first kappa shape index (κ1) is 20.1. The van der Waals surface area contributed by atoms with E-state index < -0.39 is 8.07 Å². The molecule has 0 bridgehead atoms. The number of aryl methyl sites for hydroxylation is 1. The van der Waals surface area contributed by atoms with E-state index in [4.69, 9.17) is 9.47 Å². The van der Waals surface area contributed by atoms with Gasteiger partial charge in [-0.25, -0.2) is 4.39 Å². The van der Waals surface area contributed by atoms with Crippen molar-refractivity contribution in [3.8, 4) is 17.2 Å². The lowest BCUT2D eigenvalue weighted by molar-refractivity contribution is 0.415. The number of benzene rings is 3. The molecule has 0 aliphatic rings. The van der Waals surface area contributed by atoms with E-state index in [9.17, 15) is 4.39 Å². The molecular formula is C24H27FO2Si. The molecule has 0 N–H and O–H groups in total. The summed E-state index contributed by atoms with van der Waals surface area (Å²) in [4.78, 5) is 0. The predicted molar refractivity (Wildman–Crippen MR) is 116 cm³/mol. The maximum Gasteiger partial charge on any atom is 0.165 e. The third kappa shape index (κ3) is 5.23. The summed E-state index contributed by atoms with van der Waals surface area (Å²) >= 11 is 0. The first-order valence-electron chi connectivity index (χ1n) is 9.64. The first-order chi connectivity index (χ1) is 13.5. The minimum absolute atomic E-state index is 0.287. The fourth-order valence-corrected chi connectivity index (χ4v) is 5.74. The molecule has 0 fully saturated rings. The predicted octanol–water partition coefficient (Wildman–Crippen LogP) is 6.17. The molecule has 3 rings (SSSR count). The van der Waals surface area contributed by atoms with Crippen molar-refractivity contribution in [3.05, 3.63) is 84.2 Å². The zero-order valence-electron chi connectivity index (χ0n) is 16.7. The van der Waals surface area contributed by atoms with Crippen molar-refractivity contribution < 1.29 is 13.9 Å². The maximum absolute atomic E-state index is 14.1. The summed E-state index contributed by atoms with van der Waals surface area (Å²) in [6.07, 6.45) is 1.99. The molecule has 4 heteroatoms. The highest BCUT2D eigenvalue weighted by molar-refractivity contribution is 6.89. The van der Waals surface area contributed by atoms with Crippen LogP contribution < -0.4 is 14.7 Å². The molecule has 0 aromatic heterocycles. The van der Waals surface area contributed by atoms with E-state index in [1.165, 1.54) is 17.3 Å². The van der Waals surface area contributed by atoms with Crippen LogP contribution in [0.5, 0.6) is 17.2 Å². The molecule has 0 spiro atoms. The Labute approximate surface area is 168 Å². The van der Waals surface area contributed by atoms with Crippen molar-refractivity contribution in [1.29, 1.82) is 0 Å². The van der Waals surface area contributed by atoms with Crippen LogP contribution in [0.1, 0.15) is 12.0 Å². The van der Waals surface area contributed by atoms with Crippen LogP contribution >= 0.6 is 0 Å². The van der Waals surface area contributed by atoms with Gasteiger partial charge in [-0.2, -0.15) is 0 Å². The number of methoxy groups -OCH3 is 1. The van der Waals surface area contributed by atoms with Crippen LogP contribution in [-0.4, -0.2) is 15.2 Å². The Morgan fingerprint density at radius 2 is 1.57 bits per heavy atom. The zero-order chi connectivity index (χ0) is 20.0. The number of para-hydroxylation sites is 1. The minimum Gasteiger partial charge on any atom is -0.497 e. The van der Waals surface area contributed by atoms with E-state index in [0.717, 1.165) is 24.2 Å². The molecule has 0 radical (unpaired) electrons.